The summed E-state index contributed by atoms with van der Waals surface area (Å²) < 4.78 is 9.90. The lowest BCUT2D eigenvalue weighted by atomic mass is 10.0. The maximum absolute atomic E-state index is 12.0. The molecular formula is C18H21N3O4. The number of amides is 1. The van der Waals surface area contributed by atoms with Gasteiger partial charge in [0.2, 0.25) is 5.91 Å². The van der Waals surface area contributed by atoms with Crippen molar-refractivity contribution in [3.8, 4) is 18.1 Å². The fourth-order valence-electron chi connectivity index (χ4n) is 2.40. The van der Waals surface area contributed by atoms with E-state index < -0.39 is 11.6 Å². The summed E-state index contributed by atoms with van der Waals surface area (Å²) in [5.41, 5.74) is 0.711. The van der Waals surface area contributed by atoms with Crippen LogP contribution in [-0.4, -0.2) is 31.8 Å². The summed E-state index contributed by atoms with van der Waals surface area (Å²) in [5, 5.41) is 10.9. The lowest BCUT2D eigenvalue weighted by molar-refractivity contribution is -0.121. The quantitative estimate of drug-likeness (QED) is 0.551. The van der Waals surface area contributed by atoms with Crippen LogP contribution in [0.3, 0.4) is 0 Å². The van der Waals surface area contributed by atoms with E-state index >= 15 is 0 Å². The third-order valence-corrected chi connectivity index (χ3v) is 3.97. The molecule has 0 aliphatic carbocycles. The molecule has 1 N–H and O–H groups in total. The molecule has 1 heterocycles. The molecule has 2 rings (SSSR count). The van der Waals surface area contributed by atoms with Crippen molar-refractivity contribution in [2.24, 2.45) is 10.2 Å². The molecule has 1 aromatic carbocycles. The fourth-order valence-corrected chi connectivity index (χ4v) is 2.40. The Balaban J connectivity index is 1.83. The van der Waals surface area contributed by atoms with E-state index in [0.29, 0.717) is 43.5 Å². The topological polar surface area (TPSA) is 89.4 Å². The van der Waals surface area contributed by atoms with Crippen LogP contribution in [0.15, 0.2) is 28.4 Å². The van der Waals surface area contributed by atoms with E-state index in [9.17, 15) is 9.59 Å². The minimum absolute atomic E-state index is 0.0895. The third-order valence-electron chi connectivity index (χ3n) is 3.97. The number of carbonyl (C=O) groups excluding carboxylic acids is 2. The SMILES string of the molecule is C#CCCC1(CCC(=O)NCc2ccc(C(=O)OC)c(OC)c2)N=N1. The Bertz CT molecular complexity index is 716. The molecule has 0 saturated heterocycles. The van der Waals surface area contributed by atoms with Gasteiger partial charge in [0, 0.05) is 32.2 Å². The highest BCUT2D eigenvalue weighted by Gasteiger charge is 2.39. The van der Waals surface area contributed by atoms with E-state index in [1.54, 1.807) is 18.2 Å². The molecule has 0 spiro atoms. The van der Waals surface area contributed by atoms with E-state index in [-0.39, 0.29) is 5.91 Å². The van der Waals surface area contributed by atoms with Crippen LogP contribution in [0.25, 0.3) is 0 Å². The molecular weight excluding hydrogens is 322 g/mol. The van der Waals surface area contributed by atoms with Gasteiger partial charge in [0.05, 0.1) is 14.2 Å². The Morgan fingerprint density at radius 2 is 2.04 bits per heavy atom. The summed E-state index contributed by atoms with van der Waals surface area (Å²) in [6.07, 6.45) is 7.41. The van der Waals surface area contributed by atoms with Crippen LogP contribution in [0.5, 0.6) is 5.75 Å². The Kier molecular flexibility index (Phi) is 6.12. The second-order valence-corrected chi connectivity index (χ2v) is 5.69. The molecule has 1 aliphatic heterocycles. The van der Waals surface area contributed by atoms with Gasteiger partial charge in [-0.3, -0.25) is 4.79 Å². The molecule has 7 heteroatoms. The summed E-state index contributed by atoms with van der Waals surface area (Å²) in [6, 6.07) is 5.06. The highest BCUT2D eigenvalue weighted by Crippen LogP contribution is 2.37. The van der Waals surface area contributed by atoms with Gasteiger partial charge in [-0.15, -0.1) is 12.3 Å². The van der Waals surface area contributed by atoms with Gasteiger partial charge in [-0.05, 0) is 17.7 Å². The number of hydrogen-bond donors (Lipinski definition) is 1. The van der Waals surface area contributed by atoms with Gasteiger partial charge in [0.1, 0.15) is 11.3 Å². The van der Waals surface area contributed by atoms with Crippen LogP contribution >= 0.6 is 0 Å². The summed E-state index contributed by atoms with van der Waals surface area (Å²) >= 11 is 0. The maximum Gasteiger partial charge on any atom is 0.341 e. The predicted molar refractivity (Wildman–Crippen MR) is 91.1 cm³/mol. The number of nitrogens with zero attached hydrogens (tertiary/aromatic N) is 2. The fraction of sp³-hybridized carbons (Fsp3) is 0.444. The van der Waals surface area contributed by atoms with Crippen LogP contribution < -0.4 is 10.1 Å². The summed E-state index contributed by atoms with van der Waals surface area (Å²) in [5.74, 6) is 2.41. The van der Waals surface area contributed by atoms with Crippen molar-refractivity contribution in [3.05, 3.63) is 29.3 Å². The first-order chi connectivity index (χ1) is 12.0. The van der Waals surface area contributed by atoms with E-state index in [1.165, 1.54) is 14.2 Å². The van der Waals surface area contributed by atoms with Crippen LogP contribution in [0.1, 0.15) is 41.6 Å². The van der Waals surface area contributed by atoms with Crippen molar-refractivity contribution < 1.29 is 19.1 Å². The molecule has 1 aliphatic rings. The highest BCUT2D eigenvalue weighted by molar-refractivity contribution is 5.92. The van der Waals surface area contributed by atoms with Crippen LogP contribution in [0, 0.1) is 12.3 Å². The molecule has 1 aromatic rings. The van der Waals surface area contributed by atoms with Gasteiger partial charge < -0.3 is 14.8 Å². The van der Waals surface area contributed by atoms with Gasteiger partial charge in [-0.25, -0.2) is 4.79 Å². The van der Waals surface area contributed by atoms with Gasteiger partial charge in [0.15, 0.2) is 5.66 Å². The number of hydrogen-bond acceptors (Lipinski definition) is 6. The van der Waals surface area contributed by atoms with Crippen molar-refractivity contribution in [1.29, 1.82) is 0 Å². The number of nitrogens with one attached hydrogen (secondary N) is 1. The maximum atomic E-state index is 12.0. The normalized spacial score (nSPS) is 13.6. The predicted octanol–water partition coefficient (Wildman–Crippen LogP) is 2.45. The van der Waals surface area contributed by atoms with E-state index in [0.717, 1.165) is 5.56 Å². The molecule has 132 valence electrons. The Hall–Kier alpha value is -2.88. The summed E-state index contributed by atoms with van der Waals surface area (Å²) in [7, 11) is 2.78. The molecule has 25 heavy (non-hydrogen) atoms. The lowest BCUT2D eigenvalue weighted by Crippen LogP contribution is -2.25. The average Bonchev–Trinajstić information content (AvgIpc) is 3.42. The van der Waals surface area contributed by atoms with Gasteiger partial charge >= 0.3 is 5.97 Å². The zero-order valence-electron chi connectivity index (χ0n) is 14.4. The third kappa shape index (κ3) is 5.05. The Morgan fingerprint density at radius 1 is 1.28 bits per heavy atom. The lowest BCUT2D eigenvalue weighted by Gasteiger charge is -2.11. The summed E-state index contributed by atoms with van der Waals surface area (Å²) in [4.78, 5) is 23.6. The van der Waals surface area contributed by atoms with Crippen molar-refractivity contribution in [3.63, 3.8) is 0 Å². The zero-order chi connectivity index (χ0) is 18.3. The van der Waals surface area contributed by atoms with E-state index in [1.807, 2.05) is 0 Å². The first-order valence-electron chi connectivity index (χ1n) is 7.93. The minimum Gasteiger partial charge on any atom is -0.496 e. The van der Waals surface area contributed by atoms with Crippen molar-refractivity contribution in [2.45, 2.75) is 37.9 Å². The highest BCUT2D eigenvalue weighted by atomic mass is 16.5. The Morgan fingerprint density at radius 3 is 2.64 bits per heavy atom. The first-order valence-corrected chi connectivity index (χ1v) is 7.93. The second kappa shape index (κ2) is 8.29. The number of rotatable bonds is 9. The molecule has 0 aromatic heterocycles. The monoisotopic (exact) mass is 343 g/mol. The van der Waals surface area contributed by atoms with Crippen molar-refractivity contribution >= 4 is 11.9 Å². The van der Waals surface area contributed by atoms with Crippen LogP contribution in [0.4, 0.5) is 0 Å². The molecule has 7 nitrogen and oxygen atoms in total. The molecule has 1 amide bonds. The average molecular weight is 343 g/mol. The molecule has 0 bridgehead atoms. The van der Waals surface area contributed by atoms with Crippen LogP contribution in [-0.2, 0) is 16.1 Å². The molecule has 0 atom stereocenters. The number of terminal acetylenes is 1. The summed E-state index contributed by atoms with van der Waals surface area (Å²) in [6.45, 7) is 0.336. The molecule has 0 unspecified atom stereocenters. The van der Waals surface area contributed by atoms with Gasteiger partial charge in [-0.2, -0.15) is 10.2 Å². The number of carbonyl (C=O) groups is 2. The smallest absolute Gasteiger partial charge is 0.341 e. The van der Waals surface area contributed by atoms with Crippen molar-refractivity contribution in [1.82, 2.24) is 5.32 Å². The van der Waals surface area contributed by atoms with E-state index in [2.05, 4.69) is 21.5 Å². The van der Waals surface area contributed by atoms with Gasteiger partial charge in [-0.1, -0.05) is 6.07 Å². The van der Waals surface area contributed by atoms with Gasteiger partial charge in [0.25, 0.3) is 0 Å². The molecule has 0 saturated carbocycles. The second-order valence-electron chi connectivity index (χ2n) is 5.69. The standard InChI is InChI=1S/C18H21N3O4/c1-4-5-9-18(20-21-18)10-8-16(22)19-12-13-6-7-14(17(23)25-3)15(11-13)24-2/h1,6-7,11H,5,8-10,12H2,2-3H3,(H,19,22). The largest absolute Gasteiger partial charge is 0.496 e. The molecule has 0 radical (unpaired) electrons. The van der Waals surface area contributed by atoms with E-state index in [4.69, 9.17) is 15.9 Å². The van der Waals surface area contributed by atoms with Crippen molar-refractivity contribution in [2.75, 3.05) is 14.2 Å². The Labute approximate surface area is 146 Å². The number of benzene rings is 1. The minimum atomic E-state index is -0.471. The number of methoxy groups -OCH3 is 2. The molecule has 0 fully saturated rings. The van der Waals surface area contributed by atoms with Crippen LogP contribution in [0.2, 0.25) is 0 Å². The first kappa shape index (κ1) is 18.5. The zero-order valence-corrected chi connectivity index (χ0v) is 14.4. The number of esters is 1. The number of ether oxygens (including phenoxy) is 2.